The zero-order valence-electron chi connectivity index (χ0n) is 13.3. The van der Waals surface area contributed by atoms with Gasteiger partial charge in [0.1, 0.15) is 11.6 Å². The number of hydrogen-bond acceptors (Lipinski definition) is 4. The van der Waals surface area contributed by atoms with Crippen LogP contribution in [0.3, 0.4) is 0 Å². The smallest absolute Gasteiger partial charge is 0.218 e. The average molecular weight is 265 g/mol. The summed E-state index contributed by atoms with van der Waals surface area (Å²) in [5.41, 5.74) is 0.181. The van der Waals surface area contributed by atoms with E-state index in [4.69, 9.17) is 4.74 Å². The molecule has 1 heterocycles. The van der Waals surface area contributed by atoms with Gasteiger partial charge in [-0.25, -0.2) is 4.98 Å². The number of rotatable bonds is 4. The maximum absolute atomic E-state index is 5.77. The Hall–Kier alpha value is -1.32. The van der Waals surface area contributed by atoms with Gasteiger partial charge in [0.25, 0.3) is 0 Å². The molecule has 1 rings (SSSR count). The highest BCUT2D eigenvalue weighted by Crippen LogP contribution is 2.24. The Morgan fingerprint density at radius 2 is 1.74 bits per heavy atom. The molecule has 0 aromatic carbocycles. The lowest BCUT2D eigenvalue weighted by atomic mass is 9.93. The molecule has 0 radical (unpaired) electrons. The predicted molar refractivity (Wildman–Crippen MR) is 79.8 cm³/mol. The number of aromatic nitrogens is 2. The van der Waals surface area contributed by atoms with Crippen LogP contribution in [0.2, 0.25) is 0 Å². The van der Waals surface area contributed by atoms with Crippen LogP contribution in [0.25, 0.3) is 0 Å². The summed E-state index contributed by atoms with van der Waals surface area (Å²) in [7, 11) is 1.85. The van der Waals surface area contributed by atoms with Crippen molar-refractivity contribution >= 4 is 5.82 Å². The Morgan fingerprint density at radius 1 is 1.11 bits per heavy atom. The molecule has 19 heavy (non-hydrogen) atoms. The number of nitrogens with zero attached hydrogens (tertiary/aromatic N) is 2. The molecular formula is C15H27N3O. The summed E-state index contributed by atoms with van der Waals surface area (Å²) >= 11 is 0. The average Bonchev–Trinajstić information content (AvgIpc) is 2.25. The normalized spacial score (nSPS) is 12.4. The molecule has 1 N–H and O–H groups in total. The van der Waals surface area contributed by atoms with E-state index in [1.54, 1.807) is 0 Å². The van der Waals surface area contributed by atoms with Crippen molar-refractivity contribution in [1.82, 2.24) is 9.97 Å². The quantitative estimate of drug-likeness (QED) is 0.903. The molecule has 4 nitrogen and oxygen atoms in total. The second kappa shape index (κ2) is 5.76. The van der Waals surface area contributed by atoms with Crippen molar-refractivity contribution in [3.8, 4) is 5.88 Å². The van der Waals surface area contributed by atoms with E-state index in [0.717, 1.165) is 18.1 Å². The monoisotopic (exact) mass is 265 g/mol. The van der Waals surface area contributed by atoms with Crippen molar-refractivity contribution in [3.05, 3.63) is 11.9 Å². The number of nitrogens with one attached hydrogen (secondary N) is 1. The fourth-order valence-corrected chi connectivity index (χ4v) is 1.42. The maximum Gasteiger partial charge on any atom is 0.218 e. The van der Waals surface area contributed by atoms with Crippen molar-refractivity contribution in [3.63, 3.8) is 0 Å². The lowest BCUT2D eigenvalue weighted by Gasteiger charge is -2.20. The minimum absolute atomic E-state index is 0.0883. The summed E-state index contributed by atoms with van der Waals surface area (Å²) in [6.45, 7) is 13.6. The highest BCUT2D eigenvalue weighted by molar-refractivity contribution is 5.38. The van der Waals surface area contributed by atoms with E-state index in [9.17, 15) is 0 Å². The third-order valence-electron chi connectivity index (χ3n) is 2.73. The van der Waals surface area contributed by atoms with Crippen LogP contribution in [-0.4, -0.2) is 23.6 Å². The first-order chi connectivity index (χ1) is 8.62. The molecule has 4 heteroatoms. The van der Waals surface area contributed by atoms with Gasteiger partial charge in [0.2, 0.25) is 5.88 Å². The molecule has 0 bridgehead atoms. The Labute approximate surface area is 117 Å². The summed E-state index contributed by atoms with van der Waals surface area (Å²) in [5.74, 6) is 2.24. The maximum atomic E-state index is 5.77. The molecule has 1 aromatic rings. The third-order valence-corrected chi connectivity index (χ3v) is 2.73. The van der Waals surface area contributed by atoms with Gasteiger partial charge in [-0.1, -0.05) is 41.5 Å². The van der Waals surface area contributed by atoms with E-state index in [0.29, 0.717) is 12.5 Å². The van der Waals surface area contributed by atoms with Crippen molar-refractivity contribution in [2.45, 2.75) is 53.4 Å². The van der Waals surface area contributed by atoms with E-state index < -0.39 is 0 Å². The Bertz CT molecular complexity index is 416. The van der Waals surface area contributed by atoms with E-state index in [1.807, 2.05) is 13.1 Å². The third kappa shape index (κ3) is 5.45. The summed E-state index contributed by atoms with van der Waals surface area (Å²) in [4.78, 5) is 8.98. The molecule has 0 unspecified atom stereocenters. The van der Waals surface area contributed by atoms with E-state index in [2.05, 4.69) is 56.8 Å². The van der Waals surface area contributed by atoms with Gasteiger partial charge in [-0.2, -0.15) is 4.98 Å². The van der Waals surface area contributed by atoms with Crippen molar-refractivity contribution in [2.24, 2.45) is 5.41 Å². The molecule has 0 amide bonds. The number of hydrogen-bond donors (Lipinski definition) is 1. The van der Waals surface area contributed by atoms with Crippen LogP contribution >= 0.6 is 0 Å². The van der Waals surface area contributed by atoms with Crippen LogP contribution in [-0.2, 0) is 5.41 Å². The minimum Gasteiger partial charge on any atom is -0.478 e. The molecular weight excluding hydrogens is 238 g/mol. The number of ether oxygens (including phenoxy) is 1. The number of anilines is 1. The molecule has 0 spiro atoms. The van der Waals surface area contributed by atoms with Gasteiger partial charge in [0.05, 0.1) is 6.61 Å². The van der Waals surface area contributed by atoms with Gasteiger partial charge in [-0.15, -0.1) is 0 Å². The van der Waals surface area contributed by atoms with Gasteiger partial charge in [0.15, 0.2) is 0 Å². The van der Waals surface area contributed by atoms with Crippen LogP contribution < -0.4 is 10.1 Å². The van der Waals surface area contributed by atoms with E-state index >= 15 is 0 Å². The molecule has 0 aliphatic rings. The highest BCUT2D eigenvalue weighted by atomic mass is 16.5. The van der Waals surface area contributed by atoms with E-state index in [1.165, 1.54) is 0 Å². The lowest BCUT2D eigenvalue weighted by molar-refractivity contribution is 0.235. The van der Waals surface area contributed by atoms with Crippen LogP contribution in [0.1, 0.15) is 53.8 Å². The van der Waals surface area contributed by atoms with E-state index in [-0.39, 0.29) is 10.8 Å². The van der Waals surface area contributed by atoms with Gasteiger partial charge in [0, 0.05) is 18.5 Å². The van der Waals surface area contributed by atoms with Crippen LogP contribution in [0.4, 0.5) is 5.82 Å². The van der Waals surface area contributed by atoms with Gasteiger partial charge >= 0.3 is 0 Å². The highest BCUT2D eigenvalue weighted by Gasteiger charge is 2.19. The Balaban J connectivity index is 2.83. The molecule has 0 saturated heterocycles. The zero-order valence-corrected chi connectivity index (χ0v) is 13.3. The Morgan fingerprint density at radius 3 is 2.21 bits per heavy atom. The van der Waals surface area contributed by atoms with Gasteiger partial charge in [-0.3, -0.25) is 0 Å². The molecule has 0 saturated carbocycles. The van der Waals surface area contributed by atoms with Crippen LogP contribution in [0, 0.1) is 5.41 Å². The largest absolute Gasteiger partial charge is 0.478 e. The first-order valence-corrected chi connectivity index (χ1v) is 6.82. The topological polar surface area (TPSA) is 47.0 Å². The zero-order chi connectivity index (χ0) is 14.7. The predicted octanol–water partition coefficient (Wildman–Crippen LogP) is 3.63. The summed E-state index contributed by atoms with van der Waals surface area (Å²) in [6.07, 6.45) is 0.997. The first kappa shape index (κ1) is 15.7. The second-order valence-corrected chi connectivity index (χ2v) is 7.07. The fraction of sp³-hybridized carbons (Fsp3) is 0.733. The lowest BCUT2D eigenvalue weighted by Crippen LogP contribution is -2.18. The molecule has 108 valence electrons. The van der Waals surface area contributed by atoms with Crippen molar-refractivity contribution in [1.29, 1.82) is 0 Å². The summed E-state index contributed by atoms with van der Waals surface area (Å²) in [5, 5.41) is 3.06. The first-order valence-electron chi connectivity index (χ1n) is 6.82. The van der Waals surface area contributed by atoms with Gasteiger partial charge < -0.3 is 10.1 Å². The minimum atomic E-state index is -0.0883. The van der Waals surface area contributed by atoms with Crippen LogP contribution in [0.5, 0.6) is 5.88 Å². The molecule has 0 aliphatic carbocycles. The molecule has 1 aromatic heterocycles. The fourth-order valence-electron chi connectivity index (χ4n) is 1.42. The molecule has 0 aliphatic heterocycles. The Kier molecular flexibility index (Phi) is 4.77. The van der Waals surface area contributed by atoms with Gasteiger partial charge in [-0.05, 0) is 11.8 Å². The second-order valence-electron chi connectivity index (χ2n) is 7.07. The van der Waals surface area contributed by atoms with Crippen molar-refractivity contribution < 1.29 is 4.74 Å². The summed E-state index contributed by atoms with van der Waals surface area (Å²) in [6, 6.07) is 1.85. The molecule has 0 atom stereocenters. The standard InChI is InChI=1S/C15H27N3O/c1-14(2,3)8-9-19-12-10-11(16-7)17-13(18-12)15(4,5)6/h10H,8-9H2,1-7H3,(H,16,17,18). The SMILES string of the molecule is CNc1cc(OCCC(C)(C)C)nc(C(C)(C)C)n1. The molecule has 0 fully saturated rings. The summed E-state index contributed by atoms with van der Waals surface area (Å²) < 4.78 is 5.77. The van der Waals surface area contributed by atoms with Crippen LogP contribution in [0.15, 0.2) is 6.07 Å². The van der Waals surface area contributed by atoms with Crippen molar-refractivity contribution in [2.75, 3.05) is 19.0 Å².